The second kappa shape index (κ2) is 8.15. The number of aromatic carboxylic acids is 1. The van der Waals surface area contributed by atoms with Crippen molar-refractivity contribution < 1.29 is 14.6 Å². The van der Waals surface area contributed by atoms with E-state index in [9.17, 15) is 9.90 Å². The third-order valence-electron chi connectivity index (χ3n) is 5.11. The van der Waals surface area contributed by atoms with E-state index in [2.05, 4.69) is 37.9 Å². The normalized spacial score (nSPS) is 11.4. The maximum atomic E-state index is 11.1. The molecule has 3 aromatic rings. The summed E-state index contributed by atoms with van der Waals surface area (Å²) < 4.78 is 5.89. The van der Waals surface area contributed by atoms with Crippen LogP contribution in [0.3, 0.4) is 0 Å². The monoisotopic (exact) mass is 394 g/mol. The lowest BCUT2D eigenvalue weighted by Crippen LogP contribution is -2.21. The van der Waals surface area contributed by atoms with Gasteiger partial charge in [-0.1, -0.05) is 57.2 Å². The van der Waals surface area contributed by atoms with Gasteiger partial charge in [0.25, 0.3) is 0 Å². The molecule has 0 saturated carbocycles. The van der Waals surface area contributed by atoms with Crippen LogP contribution in [-0.4, -0.2) is 11.0 Å². The zero-order valence-corrected chi connectivity index (χ0v) is 17.4. The first-order chi connectivity index (χ1) is 13.3. The SMILES string of the molecule is CCC(C)(C)c1ccc(OCc2ccc(-c3nc(C)c(C(=O)[O-])s3)cc2)cc1. The fraction of sp³-hybridized carbons (Fsp3) is 0.304. The molecule has 146 valence electrons. The van der Waals surface area contributed by atoms with Gasteiger partial charge in [-0.2, -0.15) is 0 Å². The van der Waals surface area contributed by atoms with Crippen molar-refractivity contribution in [2.45, 2.75) is 46.1 Å². The number of hydrogen-bond acceptors (Lipinski definition) is 5. The topological polar surface area (TPSA) is 62.2 Å². The first kappa shape index (κ1) is 20.1. The van der Waals surface area contributed by atoms with Crippen LogP contribution in [0.4, 0.5) is 0 Å². The van der Waals surface area contributed by atoms with Gasteiger partial charge in [-0.3, -0.25) is 0 Å². The van der Waals surface area contributed by atoms with Crippen molar-refractivity contribution >= 4 is 17.3 Å². The molecule has 2 aromatic carbocycles. The zero-order valence-electron chi connectivity index (χ0n) is 16.6. The van der Waals surface area contributed by atoms with E-state index in [0.29, 0.717) is 17.3 Å². The molecule has 0 atom stereocenters. The van der Waals surface area contributed by atoms with Gasteiger partial charge in [0.1, 0.15) is 17.4 Å². The number of carbonyl (C=O) groups is 1. The Morgan fingerprint density at radius 2 is 1.75 bits per heavy atom. The van der Waals surface area contributed by atoms with Crippen molar-refractivity contribution in [3.8, 4) is 16.3 Å². The van der Waals surface area contributed by atoms with Gasteiger partial charge in [0.05, 0.1) is 16.5 Å². The van der Waals surface area contributed by atoms with Crippen LogP contribution in [0.1, 0.15) is 53.7 Å². The number of benzene rings is 2. The smallest absolute Gasteiger partial charge is 0.124 e. The average Bonchev–Trinajstić information content (AvgIpc) is 3.09. The molecule has 0 saturated heterocycles. The summed E-state index contributed by atoms with van der Waals surface area (Å²) >= 11 is 1.14. The standard InChI is InChI=1S/C23H25NO3S/c1-5-23(3,4)18-10-12-19(13-11-18)27-14-16-6-8-17(9-7-16)21-24-15(2)20(28-21)22(25)26/h6-13H,5,14H2,1-4H3,(H,25,26)/p-1. The molecule has 0 spiro atoms. The highest BCUT2D eigenvalue weighted by molar-refractivity contribution is 7.17. The molecule has 0 radical (unpaired) electrons. The summed E-state index contributed by atoms with van der Waals surface area (Å²) in [6.45, 7) is 8.83. The van der Waals surface area contributed by atoms with E-state index in [1.165, 1.54) is 5.56 Å². The van der Waals surface area contributed by atoms with Gasteiger partial charge < -0.3 is 14.6 Å². The molecule has 28 heavy (non-hydrogen) atoms. The van der Waals surface area contributed by atoms with Crippen molar-refractivity contribution in [3.63, 3.8) is 0 Å². The second-order valence-electron chi connectivity index (χ2n) is 7.47. The average molecular weight is 395 g/mol. The lowest BCUT2D eigenvalue weighted by molar-refractivity contribution is -0.254. The highest BCUT2D eigenvalue weighted by Crippen LogP contribution is 2.29. The minimum absolute atomic E-state index is 0.166. The molecule has 1 aromatic heterocycles. The zero-order chi connectivity index (χ0) is 20.3. The number of nitrogens with zero attached hydrogens (tertiary/aromatic N) is 1. The number of carboxylic acids is 1. The highest BCUT2D eigenvalue weighted by Gasteiger charge is 2.17. The van der Waals surface area contributed by atoms with E-state index < -0.39 is 5.97 Å². The molecule has 1 heterocycles. The predicted molar refractivity (Wildman–Crippen MR) is 111 cm³/mol. The summed E-state index contributed by atoms with van der Waals surface area (Å²) in [5, 5.41) is 11.8. The van der Waals surface area contributed by atoms with E-state index in [4.69, 9.17) is 4.74 Å². The number of aryl methyl sites for hydroxylation is 1. The van der Waals surface area contributed by atoms with Crippen LogP contribution in [0, 0.1) is 6.92 Å². The Hall–Kier alpha value is -2.66. The highest BCUT2D eigenvalue weighted by atomic mass is 32.1. The molecular weight excluding hydrogens is 370 g/mol. The lowest BCUT2D eigenvalue weighted by atomic mass is 9.82. The fourth-order valence-electron chi connectivity index (χ4n) is 2.83. The van der Waals surface area contributed by atoms with Crippen molar-refractivity contribution in [3.05, 3.63) is 70.2 Å². The Labute approximate surface area is 169 Å². The van der Waals surface area contributed by atoms with Crippen LogP contribution < -0.4 is 9.84 Å². The van der Waals surface area contributed by atoms with Gasteiger partial charge in [0.2, 0.25) is 0 Å². The first-order valence-electron chi connectivity index (χ1n) is 9.31. The molecular formula is C23H24NO3S-. The molecule has 0 fully saturated rings. The van der Waals surface area contributed by atoms with Crippen molar-refractivity contribution in [2.24, 2.45) is 0 Å². The van der Waals surface area contributed by atoms with Gasteiger partial charge in [-0.05, 0) is 42.0 Å². The maximum absolute atomic E-state index is 11.1. The molecule has 0 aliphatic heterocycles. The van der Waals surface area contributed by atoms with Crippen molar-refractivity contribution in [1.29, 1.82) is 0 Å². The second-order valence-corrected chi connectivity index (χ2v) is 8.47. The Balaban J connectivity index is 1.65. The Morgan fingerprint density at radius 1 is 1.11 bits per heavy atom. The van der Waals surface area contributed by atoms with Gasteiger partial charge in [0.15, 0.2) is 0 Å². The quantitative estimate of drug-likeness (QED) is 0.580. The Bertz CT molecular complexity index is 957. The van der Waals surface area contributed by atoms with Crippen molar-refractivity contribution in [2.75, 3.05) is 0 Å². The van der Waals surface area contributed by atoms with E-state index in [-0.39, 0.29) is 10.3 Å². The summed E-state index contributed by atoms with van der Waals surface area (Å²) in [7, 11) is 0. The first-order valence-corrected chi connectivity index (χ1v) is 10.1. The van der Waals surface area contributed by atoms with E-state index in [1.54, 1.807) is 6.92 Å². The van der Waals surface area contributed by atoms with Crippen LogP contribution in [0.5, 0.6) is 5.75 Å². The van der Waals surface area contributed by atoms with Crippen molar-refractivity contribution in [1.82, 2.24) is 4.98 Å². The number of carbonyl (C=O) groups excluding carboxylic acids is 1. The molecule has 0 amide bonds. The lowest BCUT2D eigenvalue weighted by Gasteiger charge is -2.23. The van der Waals surface area contributed by atoms with Crippen LogP contribution in [0.15, 0.2) is 48.5 Å². The summed E-state index contributed by atoms with van der Waals surface area (Å²) in [5.74, 6) is -0.339. The third kappa shape index (κ3) is 4.42. The summed E-state index contributed by atoms with van der Waals surface area (Å²) in [6, 6.07) is 16.1. The minimum atomic E-state index is -1.18. The van der Waals surface area contributed by atoms with Gasteiger partial charge in [-0.25, -0.2) is 4.98 Å². The summed E-state index contributed by atoms with van der Waals surface area (Å²) in [6.07, 6.45) is 1.09. The summed E-state index contributed by atoms with van der Waals surface area (Å²) in [4.78, 5) is 15.6. The number of rotatable bonds is 7. The minimum Gasteiger partial charge on any atom is -0.544 e. The molecule has 0 aliphatic rings. The van der Waals surface area contributed by atoms with Crippen LogP contribution in [-0.2, 0) is 12.0 Å². The van der Waals surface area contributed by atoms with E-state index in [1.807, 2.05) is 36.4 Å². The number of aromatic nitrogens is 1. The molecule has 3 rings (SSSR count). The molecule has 4 nitrogen and oxygen atoms in total. The maximum Gasteiger partial charge on any atom is 0.124 e. The molecule has 5 heteroatoms. The van der Waals surface area contributed by atoms with Gasteiger partial charge in [-0.15, -0.1) is 11.3 Å². The van der Waals surface area contributed by atoms with E-state index in [0.717, 1.165) is 34.6 Å². The Kier molecular flexibility index (Phi) is 5.84. The fourth-order valence-corrected chi connectivity index (χ4v) is 3.73. The summed E-state index contributed by atoms with van der Waals surface area (Å²) in [5.41, 5.74) is 3.88. The molecule has 0 aliphatic carbocycles. The van der Waals surface area contributed by atoms with Gasteiger partial charge in [0, 0.05) is 5.56 Å². The predicted octanol–water partition coefficient (Wildman–Crippen LogP) is 4.75. The molecule has 0 bridgehead atoms. The van der Waals surface area contributed by atoms with Crippen LogP contribution in [0.2, 0.25) is 0 Å². The van der Waals surface area contributed by atoms with Crippen LogP contribution in [0.25, 0.3) is 10.6 Å². The number of ether oxygens (including phenoxy) is 1. The molecule has 0 N–H and O–H groups in total. The Morgan fingerprint density at radius 3 is 2.29 bits per heavy atom. The number of hydrogen-bond donors (Lipinski definition) is 0. The van der Waals surface area contributed by atoms with E-state index >= 15 is 0 Å². The van der Waals surface area contributed by atoms with Crippen LogP contribution >= 0.6 is 11.3 Å². The van der Waals surface area contributed by atoms with Gasteiger partial charge >= 0.3 is 0 Å². The molecule has 0 unspecified atom stereocenters. The number of thiazole rings is 1. The third-order valence-corrected chi connectivity index (χ3v) is 6.29. The largest absolute Gasteiger partial charge is 0.544 e. The number of carboxylic acid groups (broad SMARTS) is 1.